The molecule has 0 atom stereocenters. The molecule has 1 N–H and O–H groups in total. The minimum absolute atomic E-state index is 0.0382. The van der Waals surface area contributed by atoms with Crippen molar-refractivity contribution in [3.8, 4) is 5.75 Å². The van der Waals surface area contributed by atoms with Gasteiger partial charge in [-0.15, -0.1) is 0 Å². The van der Waals surface area contributed by atoms with Gasteiger partial charge in [0.05, 0.1) is 7.11 Å². The van der Waals surface area contributed by atoms with Crippen molar-refractivity contribution in [1.82, 2.24) is 15.1 Å². The van der Waals surface area contributed by atoms with Crippen molar-refractivity contribution < 1.29 is 19.1 Å². The lowest BCUT2D eigenvalue weighted by atomic mass is 10.1. The molecule has 0 radical (unpaired) electrons. The smallest absolute Gasteiger partial charge is 0.254 e. The van der Waals surface area contributed by atoms with Gasteiger partial charge >= 0.3 is 0 Å². The Balaban J connectivity index is 1.39. The number of methoxy groups -OCH3 is 1. The zero-order chi connectivity index (χ0) is 19.2. The van der Waals surface area contributed by atoms with Crippen LogP contribution in [0.1, 0.15) is 36.0 Å². The average Bonchev–Trinajstić information content (AvgIpc) is 3.56. The van der Waals surface area contributed by atoms with E-state index in [1.54, 1.807) is 41.2 Å². The van der Waals surface area contributed by atoms with Crippen LogP contribution in [0.3, 0.4) is 0 Å². The first kappa shape index (κ1) is 19.2. The monoisotopic (exact) mass is 373 g/mol. The van der Waals surface area contributed by atoms with Crippen molar-refractivity contribution in [2.45, 2.75) is 25.7 Å². The van der Waals surface area contributed by atoms with Crippen LogP contribution >= 0.6 is 0 Å². The van der Waals surface area contributed by atoms with E-state index in [0.29, 0.717) is 56.9 Å². The van der Waals surface area contributed by atoms with E-state index in [0.717, 1.165) is 12.8 Å². The summed E-state index contributed by atoms with van der Waals surface area (Å²) in [5, 5.41) is 2.88. The van der Waals surface area contributed by atoms with Crippen LogP contribution in [0.2, 0.25) is 0 Å². The summed E-state index contributed by atoms with van der Waals surface area (Å²) >= 11 is 0. The molecule has 1 aromatic rings. The topological polar surface area (TPSA) is 79.0 Å². The van der Waals surface area contributed by atoms with E-state index in [4.69, 9.17) is 4.74 Å². The Hall–Kier alpha value is -2.57. The fourth-order valence-corrected chi connectivity index (χ4v) is 3.20. The predicted molar refractivity (Wildman–Crippen MR) is 100 cm³/mol. The number of nitrogens with zero attached hydrogens (tertiary/aromatic N) is 2. The van der Waals surface area contributed by atoms with Gasteiger partial charge in [0.15, 0.2) is 0 Å². The van der Waals surface area contributed by atoms with Crippen molar-refractivity contribution in [3.05, 3.63) is 29.8 Å². The standard InChI is InChI=1S/C20H27N3O4/c1-27-17-5-2-4-16(14-17)20(26)23-12-10-22(11-13-23)18(24)6-3-9-21-19(25)15-7-8-15/h2,4-5,14-15H,3,6-13H2,1H3,(H,21,25). The Morgan fingerprint density at radius 3 is 2.48 bits per heavy atom. The van der Waals surface area contributed by atoms with E-state index >= 15 is 0 Å². The van der Waals surface area contributed by atoms with E-state index in [2.05, 4.69) is 5.32 Å². The number of nitrogens with one attached hydrogen (secondary N) is 1. The molecule has 2 aliphatic rings. The van der Waals surface area contributed by atoms with Gasteiger partial charge in [-0.1, -0.05) is 6.07 Å². The molecule has 0 spiro atoms. The summed E-state index contributed by atoms with van der Waals surface area (Å²) in [7, 11) is 1.57. The van der Waals surface area contributed by atoms with Crippen molar-refractivity contribution in [2.75, 3.05) is 39.8 Å². The molecule has 3 amide bonds. The zero-order valence-electron chi connectivity index (χ0n) is 15.8. The lowest BCUT2D eigenvalue weighted by molar-refractivity contribution is -0.133. The first-order valence-corrected chi connectivity index (χ1v) is 9.57. The molecule has 3 rings (SSSR count). The highest BCUT2D eigenvalue weighted by Gasteiger charge is 2.29. The predicted octanol–water partition coefficient (Wildman–Crippen LogP) is 1.29. The highest BCUT2D eigenvalue weighted by atomic mass is 16.5. The Morgan fingerprint density at radius 1 is 1.11 bits per heavy atom. The van der Waals surface area contributed by atoms with Crippen LogP contribution in [0.15, 0.2) is 24.3 Å². The molecule has 1 aliphatic heterocycles. The number of ether oxygens (including phenoxy) is 1. The molecule has 1 aliphatic carbocycles. The fourth-order valence-electron chi connectivity index (χ4n) is 3.20. The van der Waals surface area contributed by atoms with E-state index < -0.39 is 0 Å². The van der Waals surface area contributed by atoms with Crippen molar-refractivity contribution in [3.63, 3.8) is 0 Å². The van der Waals surface area contributed by atoms with Crippen molar-refractivity contribution in [2.24, 2.45) is 5.92 Å². The molecule has 0 unspecified atom stereocenters. The molecule has 146 valence electrons. The van der Waals surface area contributed by atoms with E-state index in [1.807, 2.05) is 0 Å². The maximum atomic E-state index is 12.6. The van der Waals surface area contributed by atoms with Crippen LogP contribution in [-0.4, -0.2) is 67.4 Å². The normalized spacial score (nSPS) is 16.8. The highest BCUT2D eigenvalue weighted by molar-refractivity contribution is 5.94. The Morgan fingerprint density at radius 2 is 1.81 bits per heavy atom. The number of carbonyl (C=O) groups is 3. The molecule has 2 fully saturated rings. The Bertz CT molecular complexity index is 694. The first-order valence-electron chi connectivity index (χ1n) is 9.57. The number of hydrogen-bond acceptors (Lipinski definition) is 4. The lowest BCUT2D eigenvalue weighted by Crippen LogP contribution is -2.50. The molecule has 1 saturated heterocycles. The summed E-state index contributed by atoms with van der Waals surface area (Å²) in [5.41, 5.74) is 0.598. The third-order valence-corrected chi connectivity index (χ3v) is 5.05. The zero-order valence-corrected chi connectivity index (χ0v) is 15.8. The summed E-state index contributed by atoms with van der Waals surface area (Å²) in [6, 6.07) is 7.11. The van der Waals surface area contributed by atoms with E-state index in [9.17, 15) is 14.4 Å². The fraction of sp³-hybridized carbons (Fsp3) is 0.550. The second kappa shape index (κ2) is 8.88. The van der Waals surface area contributed by atoms with Crippen LogP contribution in [0.25, 0.3) is 0 Å². The molecule has 1 heterocycles. The molecular formula is C20H27N3O4. The second-order valence-electron chi connectivity index (χ2n) is 7.07. The summed E-state index contributed by atoms with van der Waals surface area (Å²) in [6.45, 7) is 2.70. The van der Waals surface area contributed by atoms with E-state index in [-0.39, 0.29) is 23.6 Å². The van der Waals surface area contributed by atoms with Gasteiger partial charge in [0.25, 0.3) is 5.91 Å². The third-order valence-electron chi connectivity index (χ3n) is 5.05. The number of piperazine rings is 1. The van der Waals surface area contributed by atoms with E-state index in [1.165, 1.54) is 0 Å². The van der Waals surface area contributed by atoms with Gasteiger partial charge in [-0.2, -0.15) is 0 Å². The Labute approximate surface area is 159 Å². The number of amides is 3. The maximum Gasteiger partial charge on any atom is 0.254 e. The highest BCUT2D eigenvalue weighted by Crippen LogP contribution is 2.28. The van der Waals surface area contributed by atoms with Gasteiger partial charge in [0.1, 0.15) is 5.75 Å². The molecule has 0 bridgehead atoms. The van der Waals surface area contributed by atoms with Gasteiger partial charge in [0.2, 0.25) is 11.8 Å². The summed E-state index contributed by atoms with van der Waals surface area (Å²) in [6.07, 6.45) is 3.06. The quantitative estimate of drug-likeness (QED) is 0.731. The van der Waals surface area contributed by atoms with Crippen molar-refractivity contribution in [1.29, 1.82) is 0 Å². The molecule has 7 nitrogen and oxygen atoms in total. The largest absolute Gasteiger partial charge is 0.497 e. The third kappa shape index (κ3) is 5.21. The second-order valence-corrected chi connectivity index (χ2v) is 7.07. The lowest BCUT2D eigenvalue weighted by Gasteiger charge is -2.35. The molecule has 27 heavy (non-hydrogen) atoms. The number of rotatable bonds is 7. The molecule has 1 aromatic carbocycles. The maximum absolute atomic E-state index is 12.6. The van der Waals surface area contributed by atoms with Crippen LogP contribution in [0.5, 0.6) is 5.75 Å². The molecule has 0 aromatic heterocycles. The van der Waals surface area contributed by atoms with Crippen LogP contribution in [-0.2, 0) is 9.59 Å². The molecule has 1 saturated carbocycles. The van der Waals surface area contributed by atoms with Crippen LogP contribution < -0.4 is 10.1 Å². The minimum Gasteiger partial charge on any atom is -0.497 e. The molecular weight excluding hydrogens is 346 g/mol. The van der Waals surface area contributed by atoms with Gasteiger partial charge in [-0.05, 0) is 37.5 Å². The van der Waals surface area contributed by atoms with Gasteiger partial charge in [-0.25, -0.2) is 0 Å². The number of carbonyl (C=O) groups excluding carboxylic acids is 3. The van der Waals surface area contributed by atoms with Gasteiger partial charge in [0, 0.05) is 50.6 Å². The Kier molecular flexibility index (Phi) is 6.32. The summed E-state index contributed by atoms with van der Waals surface area (Å²) < 4.78 is 5.17. The SMILES string of the molecule is COc1cccc(C(=O)N2CCN(C(=O)CCCNC(=O)C3CC3)CC2)c1. The first-order chi connectivity index (χ1) is 13.1. The molecule has 7 heteroatoms. The summed E-state index contributed by atoms with van der Waals surface area (Å²) in [4.78, 5) is 40.1. The van der Waals surface area contributed by atoms with Gasteiger partial charge < -0.3 is 19.9 Å². The number of benzene rings is 1. The van der Waals surface area contributed by atoms with Crippen LogP contribution in [0, 0.1) is 5.92 Å². The van der Waals surface area contributed by atoms with Crippen molar-refractivity contribution >= 4 is 17.7 Å². The average molecular weight is 373 g/mol. The number of hydrogen-bond donors (Lipinski definition) is 1. The van der Waals surface area contributed by atoms with Gasteiger partial charge in [-0.3, -0.25) is 14.4 Å². The minimum atomic E-state index is -0.0382. The summed E-state index contributed by atoms with van der Waals surface area (Å²) in [5.74, 6) is 1.03. The van der Waals surface area contributed by atoms with Crippen LogP contribution in [0.4, 0.5) is 0 Å².